The molecule has 2 amide bonds. The molecule has 2 aromatic rings. The number of alkyl halides is 2. The number of nitrogens with zero attached hydrogens (tertiary/aromatic N) is 5. The number of rotatable bonds is 5. The number of carbonyl (C=O) groups is 2. The topological polar surface area (TPSA) is 103 Å². The highest BCUT2D eigenvalue weighted by Crippen LogP contribution is 2.51. The third kappa shape index (κ3) is 4.07. The highest BCUT2D eigenvalue weighted by atomic mass is 19.3. The van der Waals surface area contributed by atoms with Crippen molar-refractivity contribution in [2.45, 2.75) is 44.2 Å². The van der Waals surface area contributed by atoms with Crippen molar-refractivity contribution < 1.29 is 18.4 Å². The summed E-state index contributed by atoms with van der Waals surface area (Å²) in [5.41, 5.74) is 1.60. The predicted molar refractivity (Wildman–Crippen MR) is 117 cm³/mol. The molecule has 3 fully saturated rings. The Kier molecular flexibility index (Phi) is 5.13. The Hall–Kier alpha value is -3.37. The first-order valence-electron chi connectivity index (χ1n) is 11.0. The molecule has 3 aliphatic rings. The molecule has 2 N–H and O–H groups in total. The number of amides is 2. The summed E-state index contributed by atoms with van der Waals surface area (Å²) >= 11 is 0. The van der Waals surface area contributed by atoms with Crippen molar-refractivity contribution in [3.63, 3.8) is 0 Å². The smallest absolute Gasteiger partial charge is 0.269 e. The van der Waals surface area contributed by atoms with E-state index in [4.69, 9.17) is 0 Å². The highest BCUT2D eigenvalue weighted by Gasteiger charge is 2.64. The van der Waals surface area contributed by atoms with Gasteiger partial charge in [0.05, 0.1) is 0 Å². The van der Waals surface area contributed by atoms with Crippen LogP contribution in [0.1, 0.15) is 35.4 Å². The first-order valence-corrected chi connectivity index (χ1v) is 11.0. The molecule has 1 saturated carbocycles. The van der Waals surface area contributed by atoms with E-state index in [9.17, 15) is 18.4 Å². The quantitative estimate of drug-likeness (QED) is 0.709. The molecule has 9 nitrogen and oxygen atoms in total. The predicted octanol–water partition coefficient (Wildman–Crippen LogP) is 2.12. The Balaban J connectivity index is 1.30. The minimum Gasteiger partial charge on any atom is -0.354 e. The zero-order valence-corrected chi connectivity index (χ0v) is 18.4. The Morgan fingerprint density at radius 1 is 1.15 bits per heavy atom. The number of anilines is 3. The van der Waals surface area contributed by atoms with Gasteiger partial charge in [-0.05, 0) is 38.0 Å². The molecule has 174 valence electrons. The molecule has 0 spiro atoms. The van der Waals surface area contributed by atoms with Crippen molar-refractivity contribution in [3.8, 4) is 0 Å². The van der Waals surface area contributed by atoms with Gasteiger partial charge in [0, 0.05) is 56.2 Å². The third-order valence-corrected chi connectivity index (χ3v) is 6.49. The lowest BCUT2D eigenvalue weighted by Gasteiger charge is -2.41. The van der Waals surface area contributed by atoms with Crippen LogP contribution in [0.3, 0.4) is 0 Å². The number of fused-ring (bicyclic) bond motifs is 2. The normalized spacial score (nSPS) is 25.0. The molecule has 2 bridgehead atoms. The SMILES string of the molecule is CNC(=O)c1cc(Nc2nccc(N3CC4CC[C@H](C3)N4C(=O)[C@@H]3CC3(F)F)n2)cc(C)n1. The van der Waals surface area contributed by atoms with Crippen LogP contribution < -0.4 is 15.5 Å². The van der Waals surface area contributed by atoms with Crippen molar-refractivity contribution in [2.75, 3.05) is 30.4 Å². The van der Waals surface area contributed by atoms with Crippen LogP contribution in [0.2, 0.25) is 0 Å². The minimum atomic E-state index is -2.84. The van der Waals surface area contributed by atoms with E-state index >= 15 is 0 Å². The van der Waals surface area contributed by atoms with Crippen LogP contribution in [0.25, 0.3) is 0 Å². The molecule has 1 unspecified atom stereocenters. The summed E-state index contributed by atoms with van der Waals surface area (Å²) in [7, 11) is 1.54. The summed E-state index contributed by atoms with van der Waals surface area (Å²) in [6, 6.07) is 5.04. The molecule has 33 heavy (non-hydrogen) atoms. The Morgan fingerprint density at radius 2 is 1.85 bits per heavy atom. The van der Waals surface area contributed by atoms with E-state index in [1.165, 1.54) is 0 Å². The fourth-order valence-electron chi connectivity index (χ4n) is 4.81. The molecule has 5 rings (SSSR count). The van der Waals surface area contributed by atoms with Gasteiger partial charge >= 0.3 is 0 Å². The highest BCUT2D eigenvalue weighted by molar-refractivity contribution is 5.93. The molecule has 2 aliphatic heterocycles. The first-order chi connectivity index (χ1) is 15.7. The number of aryl methyl sites for hydroxylation is 1. The van der Waals surface area contributed by atoms with Gasteiger partial charge < -0.3 is 20.4 Å². The summed E-state index contributed by atoms with van der Waals surface area (Å²) in [4.78, 5) is 41.5. The number of hydrogen-bond acceptors (Lipinski definition) is 7. The monoisotopic (exact) mass is 457 g/mol. The fraction of sp³-hybridized carbons (Fsp3) is 0.500. The number of aromatic nitrogens is 3. The van der Waals surface area contributed by atoms with E-state index in [0.717, 1.165) is 12.8 Å². The molecule has 1 aliphatic carbocycles. The third-order valence-electron chi connectivity index (χ3n) is 6.49. The van der Waals surface area contributed by atoms with Crippen molar-refractivity contribution in [1.82, 2.24) is 25.2 Å². The Labute approximate surface area is 189 Å². The van der Waals surface area contributed by atoms with Crippen LogP contribution >= 0.6 is 0 Å². The van der Waals surface area contributed by atoms with E-state index in [1.54, 1.807) is 43.3 Å². The van der Waals surface area contributed by atoms with Crippen LogP contribution in [0.15, 0.2) is 24.4 Å². The van der Waals surface area contributed by atoms with Crippen LogP contribution in [-0.4, -0.2) is 69.8 Å². The van der Waals surface area contributed by atoms with Gasteiger partial charge in [0.15, 0.2) is 0 Å². The van der Waals surface area contributed by atoms with Crippen LogP contribution in [0.5, 0.6) is 0 Å². The molecular weight excluding hydrogens is 432 g/mol. The van der Waals surface area contributed by atoms with E-state index in [2.05, 4.69) is 30.5 Å². The standard InChI is InChI=1S/C22H25F2N7O2/c1-12-7-13(8-17(27-12)19(32)25-2)28-21-26-6-5-18(29-21)30-10-14-3-4-15(11-30)31(14)20(33)16-9-22(16,23)24/h5-8,14-16H,3-4,9-11H2,1-2H3,(H,25,32)(H,26,27,28,29)/t14-,15?,16+/m1/s1. The maximum absolute atomic E-state index is 13.4. The van der Waals surface area contributed by atoms with Gasteiger partial charge in [0.1, 0.15) is 17.4 Å². The molecule has 4 heterocycles. The fourth-order valence-corrected chi connectivity index (χ4v) is 4.81. The van der Waals surface area contributed by atoms with Crippen molar-refractivity contribution in [3.05, 3.63) is 35.8 Å². The number of hydrogen-bond donors (Lipinski definition) is 2. The molecule has 0 aromatic carbocycles. The van der Waals surface area contributed by atoms with Gasteiger partial charge in [-0.15, -0.1) is 0 Å². The van der Waals surface area contributed by atoms with E-state index < -0.39 is 17.7 Å². The van der Waals surface area contributed by atoms with Gasteiger partial charge in [-0.2, -0.15) is 4.98 Å². The van der Waals surface area contributed by atoms with Gasteiger partial charge in [-0.1, -0.05) is 0 Å². The maximum Gasteiger partial charge on any atom is 0.269 e. The zero-order valence-electron chi connectivity index (χ0n) is 18.4. The largest absolute Gasteiger partial charge is 0.354 e. The van der Waals surface area contributed by atoms with Crippen LogP contribution in [-0.2, 0) is 4.79 Å². The Morgan fingerprint density at radius 3 is 2.48 bits per heavy atom. The van der Waals surface area contributed by atoms with Crippen molar-refractivity contribution in [2.24, 2.45) is 5.92 Å². The van der Waals surface area contributed by atoms with E-state index in [0.29, 0.717) is 36.2 Å². The lowest BCUT2D eigenvalue weighted by molar-refractivity contribution is -0.138. The lowest BCUT2D eigenvalue weighted by Crippen LogP contribution is -2.56. The first kappa shape index (κ1) is 21.5. The number of piperazine rings is 1. The molecule has 11 heteroatoms. The van der Waals surface area contributed by atoms with Gasteiger partial charge in [0.2, 0.25) is 11.9 Å². The van der Waals surface area contributed by atoms with Gasteiger partial charge in [-0.3, -0.25) is 9.59 Å². The summed E-state index contributed by atoms with van der Waals surface area (Å²) in [6.45, 7) is 2.89. The number of halogens is 2. The van der Waals surface area contributed by atoms with Gasteiger partial charge in [0.25, 0.3) is 11.8 Å². The molecule has 2 saturated heterocycles. The summed E-state index contributed by atoms with van der Waals surface area (Å²) in [5.74, 6) is -3.62. The molecule has 2 aromatic heterocycles. The lowest BCUT2D eigenvalue weighted by atomic mass is 10.1. The van der Waals surface area contributed by atoms with Crippen LogP contribution in [0, 0.1) is 12.8 Å². The zero-order chi connectivity index (χ0) is 23.3. The Bertz CT molecular complexity index is 1100. The molecule has 3 atom stereocenters. The summed E-state index contributed by atoms with van der Waals surface area (Å²) in [5, 5.41) is 5.68. The second-order valence-corrected chi connectivity index (χ2v) is 8.88. The average molecular weight is 457 g/mol. The second kappa shape index (κ2) is 7.89. The maximum atomic E-state index is 13.4. The van der Waals surface area contributed by atoms with Gasteiger partial charge in [-0.25, -0.2) is 18.7 Å². The number of nitrogens with one attached hydrogen (secondary N) is 2. The van der Waals surface area contributed by atoms with E-state index in [1.807, 2.05) is 0 Å². The number of carbonyl (C=O) groups excluding carboxylic acids is 2. The summed E-state index contributed by atoms with van der Waals surface area (Å²) in [6.07, 6.45) is 2.92. The molecular formula is C22H25F2N7O2. The second-order valence-electron chi connectivity index (χ2n) is 8.88. The van der Waals surface area contributed by atoms with Crippen LogP contribution in [0.4, 0.5) is 26.2 Å². The van der Waals surface area contributed by atoms with Crippen molar-refractivity contribution >= 4 is 29.3 Å². The number of pyridine rings is 1. The average Bonchev–Trinajstić information content (AvgIpc) is 3.35. The van der Waals surface area contributed by atoms with Crippen molar-refractivity contribution in [1.29, 1.82) is 0 Å². The summed E-state index contributed by atoms with van der Waals surface area (Å²) < 4.78 is 26.9. The van der Waals surface area contributed by atoms with E-state index in [-0.39, 0.29) is 30.1 Å². The molecule has 0 radical (unpaired) electrons. The minimum absolute atomic E-state index is 0.0861.